The van der Waals surface area contributed by atoms with Gasteiger partial charge in [-0.2, -0.15) is 5.10 Å². The van der Waals surface area contributed by atoms with Crippen LogP contribution in [0.25, 0.3) is 21.3 Å². The Morgan fingerprint density at radius 2 is 1.53 bits per heavy atom. The zero-order valence-electron chi connectivity index (χ0n) is 50.0. The number of likely N-dealkylation sites (tertiary alicyclic amines) is 1. The Morgan fingerprint density at radius 3 is 2.18 bits per heavy atom. The van der Waals surface area contributed by atoms with Gasteiger partial charge in [-0.15, -0.1) is 16.6 Å². The van der Waals surface area contributed by atoms with E-state index in [-0.39, 0.29) is 48.0 Å². The van der Waals surface area contributed by atoms with E-state index in [1.165, 1.54) is 66.9 Å². The van der Waals surface area contributed by atoms with Crippen molar-refractivity contribution in [1.82, 2.24) is 50.2 Å². The summed E-state index contributed by atoms with van der Waals surface area (Å²) in [6, 6.07) is 24.2. The summed E-state index contributed by atoms with van der Waals surface area (Å²) in [7, 11) is -2.72. The maximum atomic E-state index is 14.7. The Balaban J connectivity index is 0.728. The number of aryl methyl sites for hydroxylation is 1. The summed E-state index contributed by atoms with van der Waals surface area (Å²) in [4.78, 5) is 71.1. The third kappa shape index (κ3) is 12.0. The molecule has 4 amide bonds. The molecule has 87 heavy (non-hydrogen) atoms. The standard InChI is InChI=1S/C65H73N13O7S2/c1-9-40-14-16-44(17-15-40)38(3)67-60(81)52-28-47(79)35-77(52)62(83)57(64(5,6)7)70-59(80)45-33-76(34-45)46-18-20-48(21-19-46)87(84,85)74-61(82)56-49(50-32-66-78(39(50)4)36-65-29-41-25-42(30-65)27-43(26-41)31-65)22-23-54(69-56)75(8)55-24-37(2)58(73-72-55)71-63-68-51-12-10-11-13-53(51)86-63/h1,10-24,32,38,41-43,45,47,52,57,79H,25-31,33-36H2,2-8H3,(H,67,81)(H,70,80)(H,74,82)(H,68,71,73)/t38-,41?,42?,43?,47+,52-,57+,65?/m0/s1. The minimum absolute atomic E-state index is 0.0479. The lowest BCUT2D eigenvalue weighted by atomic mass is 9.49. The summed E-state index contributed by atoms with van der Waals surface area (Å²) in [6.45, 7) is 12.5. The zero-order valence-corrected chi connectivity index (χ0v) is 51.6. The Kier molecular flexibility index (Phi) is 15.7. The molecule has 3 aromatic carbocycles. The van der Waals surface area contributed by atoms with Crippen molar-refractivity contribution in [2.75, 3.05) is 41.8 Å². The number of nitrogens with zero attached hydrogens (tertiary/aromatic N) is 9. The van der Waals surface area contributed by atoms with Gasteiger partial charge in [0, 0.05) is 67.7 Å². The third-order valence-corrected chi connectivity index (χ3v) is 20.8. The Bertz CT molecular complexity index is 3910. The average molecular weight is 1210 g/mol. The molecular formula is C65H73N13O7S2. The SMILES string of the molecule is C#Cc1ccc([C@H](C)NC(=O)[C@@H]2C[C@@H](O)CN2C(=O)[C@@H](NC(=O)C2CN(c3ccc(S(=O)(=O)NC(=O)c4nc(N(C)c5cc(C)c(Nc6nc7ccccc7s6)nn5)ccc4-c4cnn(CC56CC7CC(CC(C7)C5)C6)c4C)cc3)C2)C(C)(C)C)cc1. The highest BCUT2D eigenvalue weighted by Gasteiger charge is 2.51. The highest BCUT2D eigenvalue weighted by Crippen LogP contribution is 2.60. The molecule has 5 N–H and O–H groups in total. The second-order valence-electron chi connectivity index (χ2n) is 25.9. The predicted octanol–water partition coefficient (Wildman–Crippen LogP) is 8.60. The molecule has 2 saturated heterocycles. The van der Waals surface area contributed by atoms with E-state index in [1.807, 2.05) is 88.9 Å². The Labute approximate surface area is 511 Å². The molecule has 0 unspecified atom stereocenters. The number of anilines is 5. The first-order chi connectivity index (χ1) is 41.5. The van der Waals surface area contributed by atoms with Gasteiger partial charge in [-0.1, -0.05) is 62.3 Å². The number of aliphatic hydroxyl groups is 1. The summed E-state index contributed by atoms with van der Waals surface area (Å²) in [6.07, 6.45) is 14.0. The fraction of sp³-hybridized carbons (Fsp3) is 0.431. The number of terminal acetylenes is 1. The zero-order chi connectivity index (χ0) is 61.3. The lowest BCUT2D eigenvalue weighted by molar-refractivity contribution is -0.144. The summed E-state index contributed by atoms with van der Waals surface area (Å²) < 4.78 is 33.9. The largest absolute Gasteiger partial charge is 0.391 e. The van der Waals surface area contributed by atoms with Gasteiger partial charge in [0.2, 0.25) is 17.7 Å². The number of thiazole rings is 1. The van der Waals surface area contributed by atoms with Crippen LogP contribution in [0, 0.1) is 60.7 Å². The molecule has 4 aliphatic carbocycles. The van der Waals surface area contributed by atoms with Crippen LogP contribution in [-0.4, -0.2) is 117 Å². The van der Waals surface area contributed by atoms with Gasteiger partial charge < -0.3 is 35.8 Å². The van der Waals surface area contributed by atoms with Crippen LogP contribution in [-0.2, 0) is 31.0 Å². The quantitative estimate of drug-likeness (QED) is 0.0536. The topological polar surface area (TPSA) is 250 Å². The van der Waals surface area contributed by atoms with Crippen molar-refractivity contribution in [2.24, 2.45) is 34.5 Å². The number of para-hydroxylation sites is 1. The molecule has 6 fully saturated rings. The van der Waals surface area contributed by atoms with E-state index in [0.717, 1.165) is 51.3 Å². The minimum atomic E-state index is -4.48. The van der Waals surface area contributed by atoms with Crippen molar-refractivity contribution in [3.63, 3.8) is 0 Å². The van der Waals surface area contributed by atoms with Crippen molar-refractivity contribution in [2.45, 2.75) is 122 Å². The van der Waals surface area contributed by atoms with Gasteiger partial charge in [0.25, 0.3) is 15.9 Å². The van der Waals surface area contributed by atoms with Gasteiger partial charge in [-0.25, -0.2) is 23.1 Å². The third-order valence-electron chi connectivity index (χ3n) is 18.5. The van der Waals surface area contributed by atoms with Gasteiger partial charge in [0.05, 0.1) is 39.4 Å². The number of amides is 4. The molecule has 452 valence electrons. The highest BCUT2D eigenvalue weighted by molar-refractivity contribution is 7.90. The fourth-order valence-corrected chi connectivity index (χ4v) is 16.0. The molecule has 6 aliphatic rings. The van der Waals surface area contributed by atoms with Crippen LogP contribution in [0.15, 0.2) is 102 Å². The van der Waals surface area contributed by atoms with Gasteiger partial charge in [0.15, 0.2) is 16.8 Å². The van der Waals surface area contributed by atoms with Crippen LogP contribution >= 0.6 is 11.3 Å². The number of hydrogen-bond donors (Lipinski definition) is 5. The van der Waals surface area contributed by atoms with Crippen molar-refractivity contribution in [3.05, 3.63) is 125 Å². The lowest BCUT2D eigenvalue weighted by Gasteiger charge is -2.56. The molecule has 22 heteroatoms. The Hall–Kier alpha value is -8.26. The van der Waals surface area contributed by atoms with E-state index in [1.54, 1.807) is 54.5 Å². The molecule has 4 atom stereocenters. The van der Waals surface area contributed by atoms with Crippen LogP contribution in [0.5, 0.6) is 0 Å². The molecule has 4 aromatic heterocycles. The lowest BCUT2D eigenvalue weighted by Crippen LogP contribution is -2.61. The molecule has 6 heterocycles. The number of hydrogen-bond acceptors (Lipinski definition) is 16. The molecule has 4 bridgehead atoms. The number of β-amino-alcohol motifs (C(OH)–C–C–N with tert-alkyl or cyclic N) is 1. The van der Waals surface area contributed by atoms with Crippen LogP contribution in [0.3, 0.4) is 0 Å². The molecule has 20 nitrogen and oxygen atoms in total. The number of rotatable bonds is 17. The summed E-state index contributed by atoms with van der Waals surface area (Å²) in [5.74, 6) is 3.47. The van der Waals surface area contributed by atoms with Crippen molar-refractivity contribution >= 4 is 83.5 Å². The maximum Gasteiger partial charge on any atom is 0.284 e. The predicted molar refractivity (Wildman–Crippen MR) is 334 cm³/mol. The van der Waals surface area contributed by atoms with Gasteiger partial charge >= 0.3 is 0 Å². The van der Waals surface area contributed by atoms with Gasteiger partial charge in [0.1, 0.15) is 23.6 Å². The van der Waals surface area contributed by atoms with Crippen molar-refractivity contribution in [1.29, 1.82) is 0 Å². The van der Waals surface area contributed by atoms with E-state index in [4.69, 9.17) is 16.5 Å². The molecule has 0 radical (unpaired) electrons. The summed E-state index contributed by atoms with van der Waals surface area (Å²) in [5.41, 5.74) is 5.10. The number of aliphatic hydroxyl groups excluding tert-OH is 1. The first-order valence-corrected chi connectivity index (χ1v) is 32.1. The fourth-order valence-electron chi connectivity index (χ4n) is 14.2. The molecule has 4 saturated carbocycles. The second-order valence-corrected chi connectivity index (χ2v) is 28.6. The van der Waals surface area contributed by atoms with Crippen molar-refractivity contribution in [3.8, 4) is 23.5 Å². The summed E-state index contributed by atoms with van der Waals surface area (Å²) in [5, 5.41) is 34.6. The van der Waals surface area contributed by atoms with Crippen molar-refractivity contribution < 1.29 is 32.7 Å². The number of carbonyl (C=O) groups is 4. The number of pyridine rings is 1. The molecule has 2 aliphatic heterocycles. The van der Waals surface area contributed by atoms with Gasteiger partial charge in [-0.3, -0.25) is 23.9 Å². The van der Waals surface area contributed by atoms with E-state index in [2.05, 4.69) is 46.5 Å². The number of sulfonamides is 1. The number of fused-ring (bicyclic) bond motifs is 1. The minimum Gasteiger partial charge on any atom is -0.391 e. The average Bonchev–Trinajstić information content (AvgIpc) is 2.15. The number of aromatic nitrogens is 6. The molecule has 7 aromatic rings. The maximum absolute atomic E-state index is 14.7. The van der Waals surface area contributed by atoms with E-state index in [0.29, 0.717) is 45.0 Å². The van der Waals surface area contributed by atoms with E-state index >= 15 is 0 Å². The smallest absolute Gasteiger partial charge is 0.284 e. The highest BCUT2D eigenvalue weighted by atomic mass is 32.2. The van der Waals surface area contributed by atoms with Crippen LogP contribution in [0.1, 0.15) is 112 Å². The molecule has 0 spiro atoms. The van der Waals surface area contributed by atoms with Gasteiger partial charge in [-0.05, 0) is 166 Å². The summed E-state index contributed by atoms with van der Waals surface area (Å²) >= 11 is 1.51. The normalized spacial score (nSPS) is 22.3. The number of nitrogens with one attached hydrogen (secondary N) is 4. The first kappa shape index (κ1) is 59.1. The second kappa shape index (κ2) is 23.1. The van der Waals surface area contributed by atoms with E-state index in [9.17, 15) is 32.7 Å². The van der Waals surface area contributed by atoms with Crippen LogP contribution in [0.4, 0.5) is 28.3 Å². The van der Waals surface area contributed by atoms with Crippen LogP contribution < -0.4 is 30.5 Å². The van der Waals surface area contributed by atoms with E-state index < -0.39 is 63.3 Å². The number of carbonyl (C=O) groups excluding carboxylic acids is 4. The molecular weight excluding hydrogens is 1140 g/mol. The number of benzene rings is 3. The monoisotopic (exact) mass is 1210 g/mol. The molecule has 13 rings (SSSR count). The first-order valence-electron chi connectivity index (χ1n) is 29.8. The van der Waals surface area contributed by atoms with Crippen LogP contribution in [0.2, 0.25) is 0 Å². The Morgan fingerprint density at radius 1 is 0.839 bits per heavy atom.